The average molecular weight is 201 g/mol. The molecule has 1 atom stereocenters. The molecule has 0 aliphatic rings. The van der Waals surface area contributed by atoms with Crippen molar-refractivity contribution >= 4 is 17.6 Å². The highest BCUT2D eigenvalue weighted by atomic mass is 35.5. The first-order valence-electron chi connectivity index (χ1n) is 3.68. The first-order valence-corrected chi connectivity index (χ1v) is 4.06. The highest BCUT2D eigenvalue weighted by Crippen LogP contribution is 2.14. The fourth-order valence-electron chi connectivity index (χ4n) is 0.913. The highest BCUT2D eigenvalue weighted by Gasteiger charge is 2.10. The molecule has 1 aromatic heterocycles. The zero-order valence-corrected chi connectivity index (χ0v) is 7.53. The minimum Gasteiger partial charge on any atom is -0.481 e. The van der Waals surface area contributed by atoms with Gasteiger partial charge in [0, 0.05) is 12.2 Å². The smallest absolute Gasteiger partial charge is 0.305 e. The normalized spacial score (nSPS) is 12.5. The third kappa shape index (κ3) is 3.01. The van der Waals surface area contributed by atoms with Crippen molar-refractivity contribution in [3.05, 3.63) is 29.0 Å². The molecule has 0 aliphatic heterocycles. The van der Waals surface area contributed by atoms with E-state index in [1.54, 1.807) is 12.1 Å². The summed E-state index contributed by atoms with van der Waals surface area (Å²) in [6, 6.07) is 2.73. The molecule has 0 aromatic carbocycles. The predicted octanol–water partition coefficient (Wildman–Crippen LogP) is 1.21. The number of aliphatic carboxylic acids is 1. The maximum atomic E-state index is 10.3. The number of carbonyl (C=O) groups is 1. The number of halogens is 1. The van der Waals surface area contributed by atoms with E-state index in [1.165, 1.54) is 6.20 Å². The van der Waals surface area contributed by atoms with E-state index in [-0.39, 0.29) is 6.42 Å². The van der Waals surface area contributed by atoms with Gasteiger partial charge in [0.1, 0.15) is 5.15 Å². The highest BCUT2D eigenvalue weighted by molar-refractivity contribution is 6.29. The Kier molecular flexibility index (Phi) is 3.22. The van der Waals surface area contributed by atoms with Crippen LogP contribution in [0.4, 0.5) is 0 Å². The van der Waals surface area contributed by atoms with E-state index in [0.717, 1.165) is 0 Å². The molecule has 0 unspecified atom stereocenters. The van der Waals surface area contributed by atoms with E-state index >= 15 is 0 Å². The maximum absolute atomic E-state index is 10.3. The fourth-order valence-corrected chi connectivity index (χ4v) is 1.02. The SMILES string of the molecule is N[C@H](CC(=O)O)c1ccc(Cl)nc1. The Labute approximate surface area is 80.3 Å². The van der Waals surface area contributed by atoms with Crippen molar-refractivity contribution in [2.75, 3.05) is 0 Å². The summed E-state index contributed by atoms with van der Waals surface area (Å²) in [6.07, 6.45) is 1.37. The van der Waals surface area contributed by atoms with Crippen molar-refractivity contribution in [2.45, 2.75) is 12.5 Å². The second kappa shape index (κ2) is 4.20. The van der Waals surface area contributed by atoms with Gasteiger partial charge in [-0.3, -0.25) is 4.79 Å². The van der Waals surface area contributed by atoms with Crippen molar-refractivity contribution in [2.24, 2.45) is 5.73 Å². The molecule has 1 rings (SSSR count). The van der Waals surface area contributed by atoms with Crippen LogP contribution in [0.25, 0.3) is 0 Å². The predicted molar refractivity (Wildman–Crippen MR) is 48.4 cm³/mol. The van der Waals surface area contributed by atoms with E-state index in [1.807, 2.05) is 0 Å². The van der Waals surface area contributed by atoms with Gasteiger partial charge in [-0.25, -0.2) is 4.98 Å². The van der Waals surface area contributed by atoms with E-state index in [0.29, 0.717) is 10.7 Å². The van der Waals surface area contributed by atoms with Crippen LogP contribution in [0.15, 0.2) is 18.3 Å². The lowest BCUT2D eigenvalue weighted by Gasteiger charge is -2.07. The van der Waals surface area contributed by atoms with Crippen molar-refractivity contribution in [1.29, 1.82) is 0 Å². The van der Waals surface area contributed by atoms with E-state index < -0.39 is 12.0 Å². The lowest BCUT2D eigenvalue weighted by Crippen LogP contribution is -2.15. The van der Waals surface area contributed by atoms with Gasteiger partial charge in [0.15, 0.2) is 0 Å². The fraction of sp³-hybridized carbons (Fsp3) is 0.250. The molecule has 0 saturated heterocycles. The largest absolute Gasteiger partial charge is 0.481 e. The van der Waals surface area contributed by atoms with E-state index in [9.17, 15) is 4.79 Å². The van der Waals surface area contributed by atoms with Crippen LogP contribution in [0.5, 0.6) is 0 Å². The van der Waals surface area contributed by atoms with Gasteiger partial charge in [0.05, 0.1) is 6.42 Å². The van der Waals surface area contributed by atoms with Crippen LogP contribution in [0.1, 0.15) is 18.0 Å². The number of hydrogen-bond acceptors (Lipinski definition) is 3. The summed E-state index contributed by atoms with van der Waals surface area (Å²) in [4.78, 5) is 14.1. The van der Waals surface area contributed by atoms with Gasteiger partial charge in [-0.15, -0.1) is 0 Å². The summed E-state index contributed by atoms with van der Waals surface area (Å²) in [6.45, 7) is 0. The third-order valence-electron chi connectivity index (χ3n) is 1.57. The van der Waals surface area contributed by atoms with Crippen LogP contribution in [0, 0.1) is 0 Å². The lowest BCUT2D eigenvalue weighted by atomic mass is 10.1. The van der Waals surface area contributed by atoms with Gasteiger partial charge in [-0.2, -0.15) is 0 Å². The van der Waals surface area contributed by atoms with Gasteiger partial charge in [-0.1, -0.05) is 17.7 Å². The molecular formula is C8H9ClN2O2. The van der Waals surface area contributed by atoms with Crippen molar-refractivity contribution in [3.8, 4) is 0 Å². The summed E-state index contributed by atoms with van der Waals surface area (Å²) in [7, 11) is 0. The number of nitrogens with two attached hydrogens (primary N) is 1. The second-order valence-corrected chi connectivity index (χ2v) is 3.01. The standard InChI is InChI=1S/C8H9ClN2O2/c9-7-2-1-5(4-11-7)6(10)3-8(12)13/h1-2,4,6H,3,10H2,(H,12,13)/t6-/m1/s1. The average Bonchev–Trinajstić information content (AvgIpc) is 2.04. The van der Waals surface area contributed by atoms with Crippen molar-refractivity contribution < 1.29 is 9.90 Å². The quantitative estimate of drug-likeness (QED) is 0.720. The van der Waals surface area contributed by atoms with Gasteiger partial charge < -0.3 is 10.8 Å². The summed E-state index contributed by atoms with van der Waals surface area (Å²) in [5.41, 5.74) is 6.26. The van der Waals surface area contributed by atoms with Crippen molar-refractivity contribution in [3.63, 3.8) is 0 Å². The number of aromatic nitrogens is 1. The Morgan fingerprint density at radius 3 is 2.85 bits per heavy atom. The number of hydrogen-bond donors (Lipinski definition) is 2. The monoisotopic (exact) mass is 200 g/mol. The molecule has 3 N–H and O–H groups in total. The number of nitrogens with zero attached hydrogens (tertiary/aromatic N) is 1. The number of carboxylic acid groups (broad SMARTS) is 1. The molecular weight excluding hydrogens is 192 g/mol. The van der Waals surface area contributed by atoms with E-state index in [4.69, 9.17) is 22.4 Å². The molecule has 0 fully saturated rings. The van der Waals surface area contributed by atoms with Crippen LogP contribution in [0.2, 0.25) is 5.15 Å². The van der Waals surface area contributed by atoms with Crippen molar-refractivity contribution in [1.82, 2.24) is 4.98 Å². The van der Waals surface area contributed by atoms with Crippen LogP contribution < -0.4 is 5.73 Å². The van der Waals surface area contributed by atoms with Gasteiger partial charge in [0.2, 0.25) is 0 Å². The molecule has 13 heavy (non-hydrogen) atoms. The molecule has 1 heterocycles. The summed E-state index contributed by atoms with van der Waals surface area (Å²) in [5.74, 6) is -0.928. The molecule has 0 radical (unpaired) electrons. The molecule has 0 amide bonds. The van der Waals surface area contributed by atoms with Crippen LogP contribution in [-0.4, -0.2) is 16.1 Å². The Bertz CT molecular complexity index is 300. The van der Waals surface area contributed by atoms with Gasteiger partial charge in [0.25, 0.3) is 0 Å². The maximum Gasteiger partial charge on any atom is 0.305 e. The summed E-state index contributed by atoms with van der Waals surface area (Å²) >= 11 is 5.55. The molecule has 0 aliphatic carbocycles. The minimum atomic E-state index is -0.928. The molecule has 0 spiro atoms. The molecule has 0 saturated carbocycles. The molecule has 0 bridgehead atoms. The number of pyridine rings is 1. The third-order valence-corrected chi connectivity index (χ3v) is 1.80. The van der Waals surface area contributed by atoms with Gasteiger partial charge in [-0.05, 0) is 11.6 Å². The van der Waals surface area contributed by atoms with Gasteiger partial charge >= 0.3 is 5.97 Å². The zero-order chi connectivity index (χ0) is 9.84. The summed E-state index contributed by atoms with van der Waals surface area (Å²) < 4.78 is 0. The Morgan fingerprint density at radius 1 is 1.69 bits per heavy atom. The van der Waals surface area contributed by atoms with Crippen LogP contribution >= 0.6 is 11.6 Å². The Morgan fingerprint density at radius 2 is 2.38 bits per heavy atom. The zero-order valence-electron chi connectivity index (χ0n) is 6.77. The first-order chi connectivity index (χ1) is 6.09. The number of rotatable bonds is 3. The number of carboxylic acids is 1. The van der Waals surface area contributed by atoms with Crippen LogP contribution in [0.3, 0.4) is 0 Å². The Hall–Kier alpha value is -1.13. The molecule has 1 aromatic rings. The summed E-state index contributed by atoms with van der Waals surface area (Å²) in [5, 5.41) is 8.84. The first kappa shape index (κ1) is 9.95. The topological polar surface area (TPSA) is 76.2 Å². The molecule has 5 heteroatoms. The molecule has 4 nitrogen and oxygen atoms in total. The van der Waals surface area contributed by atoms with E-state index in [2.05, 4.69) is 4.98 Å². The second-order valence-electron chi connectivity index (χ2n) is 2.62. The molecule has 70 valence electrons. The lowest BCUT2D eigenvalue weighted by molar-refractivity contribution is -0.137. The van der Waals surface area contributed by atoms with Crippen LogP contribution in [-0.2, 0) is 4.79 Å². The Balaban J connectivity index is 2.71. The minimum absolute atomic E-state index is 0.108.